The molecule has 0 amide bonds. The lowest BCUT2D eigenvalue weighted by Crippen LogP contribution is -3.98. The van der Waals surface area contributed by atoms with E-state index < -0.39 is 21.1 Å². The van der Waals surface area contributed by atoms with Crippen molar-refractivity contribution in [1.82, 2.24) is 0 Å². The van der Waals surface area contributed by atoms with E-state index in [0.29, 0.717) is 0 Å². The number of hydrogen-bond acceptors (Lipinski definition) is 4. The molecule has 0 aliphatic heterocycles. The van der Waals surface area contributed by atoms with Crippen LogP contribution in [0.1, 0.15) is 110 Å². The van der Waals surface area contributed by atoms with Crippen LogP contribution in [0.4, 0.5) is 0 Å². The first-order valence-electron chi connectivity index (χ1n) is 9.59. The molecule has 23 heavy (non-hydrogen) atoms. The molecular formula is C18H40INO3. The molecule has 0 fully saturated rings. The van der Waals surface area contributed by atoms with Crippen molar-refractivity contribution in [2.75, 3.05) is 6.54 Å². The van der Waals surface area contributed by atoms with Crippen molar-refractivity contribution in [3.63, 3.8) is 0 Å². The molecule has 0 saturated heterocycles. The summed E-state index contributed by atoms with van der Waals surface area (Å²) < 4.78 is 24.5. The molecule has 0 atom stereocenters. The van der Waals surface area contributed by atoms with Crippen LogP contribution in [0.3, 0.4) is 0 Å². The van der Waals surface area contributed by atoms with E-state index in [1.807, 2.05) is 0 Å². The summed E-state index contributed by atoms with van der Waals surface area (Å²) in [6, 6.07) is 0. The molecule has 0 aromatic carbocycles. The molecule has 0 aromatic rings. The van der Waals surface area contributed by atoms with Crippen LogP contribution in [0.25, 0.3) is 0 Å². The van der Waals surface area contributed by atoms with Crippen LogP contribution in [0.2, 0.25) is 0 Å². The highest BCUT2D eigenvalue weighted by Crippen LogP contribution is 2.13. The lowest BCUT2D eigenvalue weighted by atomic mass is 10.0. The fourth-order valence-electron chi connectivity index (χ4n) is 2.69. The van der Waals surface area contributed by atoms with Gasteiger partial charge in [0.25, 0.3) is 0 Å². The van der Waals surface area contributed by atoms with Gasteiger partial charge in [-0.3, -0.25) is 0 Å². The maximum absolute atomic E-state index is 8.68. The van der Waals surface area contributed by atoms with E-state index in [0.717, 1.165) is 6.54 Å². The van der Waals surface area contributed by atoms with Gasteiger partial charge < -0.3 is 12.6 Å². The molecule has 0 unspecified atom stereocenters. The van der Waals surface area contributed by atoms with Gasteiger partial charge in [-0.15, -0.1) is 0 Å². The van der Waals surface area contributed by atoms with E-state index in [2.05, 4.69) is 6.92 Å². The maximum Gasteiger partial charge on any atom is 0.503 e. The van der Waals surface area contributed by atoms with Gasteiger partial charge in [-0.25, -0.2) is 0 Å². The van der Waals surface area contributed by atoms with Crippen molar-refractivity contribution in [3.05, 3.63) is 0 Å². The van der Waals surface area contributed by atoms with Crippen LogP contribution in [0.15, 0.2) is 0 Å². The molecule has 142 valence electrons. The number of rotatable bonds is 16. The molecule has 0 aliphatic carbocycles. The van der Waals surface area contributed by atoms with Crippen molar-refractivity contribution in [2.24, 2.45) is 5.73 Å². The molecule has 0 saturated carbocycles. The van der Waals surface area contributed by atoms with Crippen molar-refractivity contribution >= 4 is 0 Å². The molecule has 0 spiro atoms. The predicted octanol–water partition coefficient (Wildman–Crippen LogP) is 0.276. The van der Waals surface area contributed by atoms with Gasteiger partial charge in [0.05, 0.1) is 0 Å². The first kappa shape index (κ1) is 25.8. The first-order chi connectivity index (χ1) is 11.1. The zero-order chi connectivity index (χ0) is 17.6. The van der Waals surface area contributed by atoms with Gasteiger partial charge in [0, 0.05) is 0 Å². The van der Waals surface area contributed by atoms with Gasteiger partial charge >= 0.3 is 21.1 Å². The van der Waals surface area contributed by atoms with E-state index in [9.17, 15) is 0 Å². The highest BCUT2D eigenvalue weighted by atomic mass is 127. The smallest absolute Gasteiger partial charge is 0.396 e. The van der Waals surface area contributed by atoms with E-state index in [-0.39, 0.29) is 0 Å². The average molecular weight is 445 g/mol. The van der Waals surface area contributed by atoms with Gasteiger partial charge in [0.2, 0.25) is 0 Å². The minimum absolute atomic E-state index is 0.873. The summed E-state index contributed by atoms with van der Waals surface area (Å²) in [5.74, 6) is 0. The molecule has 3 N–H and O–H groups in total. The van der Waals surface area contributed by atoms with E-state index >= 15 is 0 Å². The molecule has 4 nitrogen and oxygen atoms in total. The Balaban J connectivity index is 0. The summed E-state index contributed by atoms with van der Waals surface area (Å²) in [6.45, 7) is 3.16. The molecule has 0 aliphatic rings. The van der Waals surface area contributed by atoms with E-state index in [1.54, 1.807) is 0 Å². The van der Waals surface area contributed by atoms with Crippen LogP contribution in [0, 0.1) is 0 Å². The fourth-order valence-corrected chi connectivity index (χ4v) is 2.69. The second kappa shape index (κ2) is 24.8. The van der Waals surface area contributed by atoms with Crippen LogP contribution in [-0.2, 0) is 0 Å². The lowest BCUT2D eigenvalue weighted by molar-refractivity contribution is -1.63. The Labute approximate surface area is 153 Å². The summed E-state index contributed by atoms with van der Waals surface area (Å²) in [7, 11) is 0. The monoisotopic (exact) mass is 445 g/mol. The fraction of sp³-hybridized carbons (Fsp3) is 1.00. The Morgan fingerprint density at radius 3 is 1.04 bits per heavy atom. The SMILES string of the molecule is CCCCCCCCCCCCCCCCCCN.[O-][I+2]([O-])O. The van der Waals surface area contributed by atoms with E-state index in [4.69, 9.17) is 16.0 Å². The second-order valence-electron chi connectivity index (χ2n) is 6.29. The average Bonchev–Trinajstić information content (AvgIpc) is 2.50. The van der Waals surface area contributed by atoms with Gasteiger partial charge in [-0.1, -0.05) is 103 Å². The summed E-state index contributed by atoms with van der Waals surface area (Å²) in [5.41, 5.74) is 5.48. The van der Waals surface area contributed by atoms with Gasteiger partial charge in [0.1, 0.15) is 0 Å². The third kappa shape index (κ3) is 34.8. The Morgan fingerprint density at radius 2 is 0.826 bits per heavy atom. The minimum atomic E-state index is -3.76. The summed E-state index contributed by atoms with van der Waals surface area (Å²) in [5, 5.41) is 0. The number of unbranched alkanes of at least 4 members (excludes halogenated alkanes) is 15. The van der Waals surface area contributed by atoms with Crippen molar-refractivity contribution in [3.8, 4) is 0 Å². The van der Waals surface area contributed by atoms with Crippen LogP contribution in [-0.4, -0.2) is 9.98 Å². The van der Waals surface area contributed by atoms with Gasteiger partial charge in [0.15, 0.2) is 0 Å². The van der Waals surface area contributed by atoms with Gasteiger partial charge in [-0.05, 0) is 16.4 Å². The predicted molar refractivity (Wildman–Crippen MR) is 90.8 cm³/mol. The maximum atomic E-state index is 8.68. The zero-order valence-electron chi connectivity index (χ0n) is 15.2. The molecule has 0 heterocycles. The highest BCUT2D eigenvalue weighted by molar-refractivity contribution is 4.49. The molecule has 0 bridgehead atoms. The second-order valence-corrected chi connectivity index (χ2v) is 7.44. The Bertz CT molecular complexity index is 176. The third-order valence-electron chi connectivity index (χ3n) is 4.06. The summed E-state index contributed by atoms with van der Waals surface area (Å²) in [6.07, 6.45) is 22.9. The molecule has 0 rings (SSSR count). The number of halogens is 1. The van der Waals surface area contributed by atoms with Crippen LogP contribution < -0.4 is 33.7 Å². The lowest BCUT2D eigenvalue weighted by Gasteiger charge is -2.03. The third-order valence-corrected chi connectivity index (χ3v) is 4.06. The Hall–Kier alpha value is 0.570. The van der Waals surface area contributed by atoms with E-state index in [1.165, 1.54) is 103 Å². The van der Waals surface area contributed by atoms with Gasteiger partial charge in [-0.2, -0.15) is 0 Å². The van der Waals surface area contributed by atoms with Crippen molar-refractivity contribution < 1.29 is 31.4 Å². The Morgan fingerprint density at radius 1 is 0.609 bits per heavy atom. The van der Waals surface area contributed by atoms with Crippen molar-refractivity contribution in [2.45, 2.75) is 110 Å². The molecule has 5 heteroatoms. The standard InChI is InChI=1S/C18H39N.HIO3/c1-2-3-4-5-6-7-8-9-10-11-12-13-14-15-16-17-18-19;2-1(3)4/h2-19H2,1H3;2H. The quantitative estimate of drug-likeness (QED) is 0.264. The largest absolute Gasteiger partial charge is 0.503 e. The molecular weight excluding hydrogens is 405 g/mol. The Kier molecular flexibility index (Phi) is 27.8. The van der Waals surface area contributed by atoms with Crippen LogP contribution in [0.5, 0.6) is 0 Å². The summed E-state index contributed by atoms with van der Waals surface area (Å²) >= 11 is -3.76. The minimum Gasteiger partial charge on any atom is -0.396 e. The normalized spacial score (nSPS) is 10.7. The summed E-state index contributed by atoms with van der Waals surface area (Å²) in [4.78, 5) is 0. The number of nitrogens with two attached hydrogens (primary N) is 1. The molecule has 0 radical (unpaired) electrons. The van der Waals surface area contributed by atoms with Crippen molar-refractivity contribution in [1.29, 1.82) is 0 Å². The topological polar surface area (TPSA) is 92.4 Å². The first-order valence-corrected chi connectivity index (χ1v) is 12.3. The van der Waals surface area contributed by atoms with Crippen LogP contribution >= 0.6 is 0 Å². The zero-order valence-corrected chi connectivity index (χ0v) is 17.4. The molecule has 0 aromatic heterocycles. The highest BCUT2D eigenvalue weighted by Gasteiger charge is 1.94. The number of hydrogen-bond donors (Lipinski definition) is 2.